The van der Waals surface area contributed by atoms with Crippen molar-refractivity contribution < 1.29 is 27.4 Å². The Morgan fingerprint density at radius 2 is 2.04 bits per heavy atom. The molecule has 2 aromatic carbocycles. The van der Waals surface area contributed by atoms with Gasteiger partial charge in [-0.3, -0.25) is 0 Å². The summed E-state index contributed by atoms with van der Waals surface area (Å²) in [6.45, 7) is 2.76. The van der Waals surface area contributed by atoms with E-state index < -0.39 is 15.8 Å². The summed E-state index contributed by atoms with van der Waals surface area (Å²) >= 11 is 0. The third kappa shape index (κ3) is 4.47. The van der Waals surface area contributed by atoms with Gasteiger partial charge >= 0.3 is 5.97 Å². The number of hydrogen-bond acceptors (Lipinski definition) is 6. The molecule has 3 rings (SSSR count). The molecule has 0 N–H and O–H groups in total. The van der Waals surface area contributed by atoms with Gasteiger partial charge in [0.15, 0.2) is 0 Å². The maximum Gasteiger partial charge on any atom is 0.341 e. The number of rotatable bonds is 6. The van der Waals surface area contributed by atoms with Crippen LogP contribution in [0.15, 0.2) is 30.3 Å². The summed E-state index contributed by atoms with van der Waals surface area (Å²) in [5.74, 6) is 0.924. The molecule has 7 heteroatoms. The Bertz CT molecular complexity index is 994. The van der Waals surface area contributed by atoms with Crippen LogP contribution in [-0.4, -0.2) is 46.7 Å². The maximum absolute atomic E-state index is 12.1. The van der Waals surface area contributed by atoms with Gasteiger partial charge in [0.1, 0.15) is 26.9 Å². The summed E-state index contributed by atoms with van der Waals surface area (Å²) in [5, 5.41) is 0. The van der Waals surface area contributed by atoms with E-state index in [1.807, 2.05) is 31.2 Å². The molecule has 0 saturated carbocycles. The molecular weight excluding hydrogens is 380 g/mol. The molecule has 0 bridgehead atoms. The topological polar surface area (TPSA) is 78.9 Å². The van der Waals surface area contributed by atoms with E-state index in [1.54, 1.807) is 6.07 Å². The molecule has 6 nitrogen and oxygen atoms in total. The summed E-state index contributed by atoms with van der Waals surface area (Å²) in [4.78, 5) is 12.1. The first kappa shape index (κ1) is 20.2. The number of fused-ring (bicyclic) bond motifs is 3. The Labute approximate surface area is 165 Å². The van der Waals surface area contributed by atoms with Crippen LogP contribution in [0.1, 0.15) is 27.9 Å². The molecule has 1 aliphatic heterocycles. The molecule has 28 heavy (non-hydrogen) atoms. The van der Waals surface area contributed by atoms with Gasteiger partial charge in [-0.05, 0) is 48.2 Å². The molecule has 0 saturated heterocycles. The van der Waals surface area contributed by atoms with E-state index in [9.17, 15) is 13.2 Å². The van der Waals surface area contributed by atoms with Crippen LogP contribution in [0.25, 0.3) is 11.1 Å². The zero-order valence-electron chi connectivity index (χ0n) is 16.3. The Kier molecular flexibility index (Phi) is 5.93. The zero-order valence-corrected chi connectivity index (χ0v) is 17.1. The molecule has 2 aromatic rings. The maximum atomic E-state index is 12.1. The first-order valence-corrected chi connectivity index (χ1v) is 11.1. The van der Waals surface area contributed by atoms with Crippen LogP contribution >= 0.6 is 0 Å². The van der Waals surface area contributed by atoms with E-state index in [1.165, 1.54) is 13.4 Å². The number of carbonyl (C=O) groups is 1. The quantitative estimate of drug-likeness (QED) is 0.543. The van der Waals surface area contributed by atoms with Crippen molar-refractivity contribution in [3.63, 3.8) is 0 Å². The summed E-state index contributed by atoms with van der Waals surface area (Å²) in [6.07, 6.45) is 2.34. The largest absolute Gasteiger partial charge is 0.494 e. The van der Waals surface area contributed by atoms with Crippen LogP contribution in [0, 0.1) is 6.92 Å². The van der Waals surface area contributed by atoms with Crippen LogP contribution in [0.3, 0.4) is 0 Å². The lowest BCUT2D eigenvalue weighted by Crippen LogP contribution is -2.08. The second kappa shape index (κ2) is 8.22. The number of methoxy groups -OCH3 is 1. The second-order valence-electron chi connectivity index (χ2n) is 6.88. The molecule has 0 aliphatic carbocycles. The predicted molar refractivity (Wildman–Crippen MR) is 107 cm³/mol. The molecule has 0 amide bonds. The highest BCUT2D eigenvalue weighted by Crippen LogP contribution is 2.41. The predicted octanol–water partition coefficient (Wildman–Crippen LogP) is 3.20. The Morgan fingerprint density at radius 1 is 1.25 bits per heavy atom. The number of esters is 1. The minimum Gasteiger partial charge on any atom is -0.494 e. The van der Waals surface area contributed by atoms with Gasteiger partial charge in [-0.2, -0.15) is 0 Å². The van der Waals surface area contributed by atoms with Gasteiger partial charge in [-0.15, -0.1) is 0 Å². The third-order valence-electron chi connectivity index (χ3n) is 4.63. The second-order valence-corrected chi connectivity index (χ2v) is 9.14. The van der Waals surface area contributed by atoms with E-state index in [0.29, 0.717) is 43.1 Å². The average molecular weight is 404 g/mol. The highest BCUT2D eigenvalue weighted by atomic mass is 32.2. The highest BCUT2D eigenvalue weighted by Gasteiger charge is 2.23. The Morgan fingerprint density at radius 3 is 2.75 bits per heavy atom. The van der Waals surface area contributed by atoms with Crippen molar-refractivity contribution in [1.82, 2.24) is 0 Å². The van der Waals surface area contributed by atoms with Crippen LogP contribution < -0.4 is 9.47 Å². The average Bonchev–Trinajstić information content (AvgIpc) is 2.83. The minimum absolute atomic E-state index is 0.106. The van der Waals surface area contributed by atoms with E-state index in [-0.39, 0.29) is 5.75 Å². The van der Waals surface area contributed by atoms with Gasteiger partial charge in [0.2, 0.25) is 0 Å². The number of aryl methyl sites for hydroxylation is 1. The van der Waals surface area contributed by atoms with Crippen LogP contribution in [-0.2, 0) is 21.0 Å². The third-order valence-corrected chi connectivity index (χ3v) is 5.66. The number of hydrogen-bond donors (Lipinski definition) is 0. The van der Waals surface area contributed by atoms with E-state index in [2.05, 4.69) is 0 Å². The SMILES string of the molecule is COC(=O)c1cccc2c1OCCc1cc(OCCCS(C)(=O)=O)cc(C)c1-2. The minimum atomic E-state index is -2.99. The smallest absolute Gasteiger partial charge is 0.341 e. The monoisotopic (exact) mass is 404 g/mol. The summed E-state index contributed by atoms with van der Waals surface area (Å²) in [7, 11) is -1.63. The highest BCUT2D eigenvalue weighted by molar-refractivity contribution is 7.90. The number of ether oxygens (including phenoxy) is 3. The van der Waals surface area contributed by atoms with Crippen molar-refractivity contribution >= 4 is 15.8 Å². The summed E-state index contributed by atoms with van der Waals surface area (Å²) in [5.41, 5.74) is 4.37. The van der Waals surface area contributed by atoms with Crippen molar-refractivity contribution in [2.75, 3.05) is 32.3 Å². The Balaban J connectivity index is 1.91. The Hall–Kier alpha value is -2.54. The lowest BCUT2D eigenvalue weighted by atomic mass is 9.92. The molecule has 0 spiro atoms. The van der Waals surface area contributed by atoms with Gasteiger partial charge in [0, 0.05) is 18.2 Å². The normalized spacial score (nSPS) is 13.0. The van der Waals surface area contributed by atoms with Crippen molar-refractivity contribution in [3.8, 4) is 22.6 Å². The molecule has 0 unspecified atom stereocenters. The molecule has 150 valence electrons. The van der Waals surface area contributed by atoms with Gasteiger partial charge < -0.3 is 14.2 Å². The van der Waals surface area contributed by atoms with E-state index in [0.717, 1.165) is 22.3 Å². The standard InChI is InChI=1S/C21H24O6S/c1-14-12-16(26-9-5-11-28(3,23)24)13-15-8-10-27-20-17(19(14)15)6-4-7-18(20)21(22)25-2/h4,6-7,12-13H,5,8-11H2,1-3H3. The lowest BCUT2D eigenvalue weighted by molar-refractivity contribution is 0.0596. The van der Waals surface area contributed by atoms with Crippen LogP contribution in [0.2, 0.25) is 0 Å². The molecule has 0 atom stereocenters. The lowest BCUT2D eigenvalue weighted by Gasteiger charge is -2.16. The first-order valence-electron chi connectivity index (χ1n) is 9.08. The van der Waals surface area contributed by atoms with Crippen molar-refractivity contribution in [2.24, 2.45) is 0 Å². The molecule has 1 heterocycles. The fourth-order valence-electron chi connectivity index (χ4n) is 3.42. The number of carbonyl (C=O) groups excluding carboxylic acids is 1. The molecule has 0 aromatic heterocycles. The fraction of sp³-hybridized carbons (Fsp3) is 0.381. The van der Waals surface area contributed by atoms with Crippen molar-refractivity contribution in [1.29, 1.82) is 0 Å². The zero-order chi connectivity index (χ0) is 20.3. The first-order chi connectivity index (χ1) is 13.3. The number of para-hydroxylation sites is 1. The fourth-order valence-corrected chi connectivity index (χ4v) is 4.07. The molecular formula is C21H24O6S. The van der Waals surface area contributed by atoms with Crippen LogP contribution in [0.4, 0.5) is 0 Å². The van der Waals surface area contributed by atoms with E-state index in [4.69, 9.17) is 14.2 Å². The van der Waals surface area contributed by atoms with Gasteiger partial charge in [-0.1, -0.05) is 12.1 Å². The number of benzene rings is 2. The van der Waals surface area contributed by atoms with Crippen molar-refractivity contribution in [2.45, 2.75) is 19.8 Å². The van der Waals surface area contributed by atoms with Gasteiger partial charge in [0.25, 0.3) is 0 Å². The van der Waals surface area contributed by atoms with Crippen molar-refractivity contribution in [3.05, 3.63) is 47.0 Å². The van der Waals surface area contributed by atoms with Gasteiger partial charge in [0.05, 0.1) is 26.1 Å². The molecule has 0 radical (unpaired) electrons. The summed E-state index contributed by atoms with van der Waals surface area (Å²) in [6, 6.07) is 9.35. The summed E-state index contributed by atoms with van der Waals surface area (Å²) < 4.78 is 39.0. The van der Waals surface area contributed by atoms with E-state index >= 15 is 0 Å². The molecule has 1 aliphatic rings. The number of sulfone groups is 1. The molecule has 0 fully saturated rings. The van der Waals surface area contributed by atoms with Gasteiger partial charge in [-0.25, -0.2) is 13.2 Å². The van der Waals surface area contributed by atoms with Crippen LogP contribution in [0.5, 0.6) is 11.5 Å².